The number of urea groups is 1. The molecular formula is C12H17N3O3. The minimum Gasteiger partial charge on any atom is -0.481 e. The fourth-order valence-electron chi connectivity index (χ4n) is 1.49. The van der Waals surface area contributed by atoms with E-state index in [4.69, 9.17) is 10.8 Å². The quantitative estimate of drug-likeness (QED) is 0.574. The van der Waals surface area contributed by atoms with Crippen molar-refractivity contribution in [2.24, 2.45) is 5.73 Å². The van der Waals surface area contributed by atoms with Crippen LogP contribution in [-0.2, 0) is 17.8 Å². The average Bonchev–Trinajstić information content (AvgIpc) is 2.34. The summed E-state index contributed by atoms with van der Waals surface area (Å²) in [4.78, 5) is 22.0. The number of carbonyl (C=O) groups excluding carboxylic acids is 1. The van der Waals surface area contributed by atoms with Crippen LogP contribution in [0.5, 0.6) is 0 Å². The highest BCUT2D eigenvalue weighted by molar-refractivity contribution is 5.74. The lowest BCUT2D eigenvalue weighted by atomic mass is 10.0. The van der Waals surface area contributed by atoms with E-state index < -0.39 is 5.97 Å². The molecule has 0 saturated heterocycles. The number of carbonyl (C=O) groups is 2. The smallest absolute Gasteiger partial charge is 0.315 e. The molecule has 0 spiro atoms. The van der Waals surface area contributed by atoms with E-state index in [9.17, 15) is 9.59 Å². The zero-order chi connectivity index (χ0) is 13.4. The first-order valence-electron chi connectivity index (χ1n) is 5.64. The summed E-state index contributed by atoms with van der Waals surface area (Å²) < 4.78 is 0. The number of nitrogens with one attached hydrogen (secondary N) is 2. The molecule has 0 fully saturated rings. The summed E-state index contributed by atoms with van der Waals surface area (Å²) in [5.41, 5.74) is 6.75. The Bertz CT molecular complexity index is 421. The van der Waals surface area contributed by atoms with Gasteiger partial charge in [0.1, 0.15) is 0 Å². The topological polar surface area (TPSA) is 104 Å². The maximum absolute atomic E-state index is 11.3. The van der Waals surface area contributed by atoms with Gasteiger partial charge in [0.2, 0.25) is 0 Å². The van der Waals surface area contributed by atoms with Crippen molar-refractivity contribution in [3.05, 3.63) is 35.4 Å². The Hall–Kier alpha value is -2.08. The predicted octanol–water partition coefficient (Wildman–Crippen LogP) is 0.0716. The molecule has 0 heterocycles. The van der Waals surface area contributed by atoms with Gasteiger partial charge in [0.15, 0.2) is 0 Å². The zero-order valence-corrected chi connectivity index (χ0v) is 9.98. The summed E-state index contributed by atoms with van der Waals surface area (Å²) in [7, 11) is 0. The maximum Gasteiger partial charge on any atom is 0.315 e. The summed E-state index contributed by atoms with van der Waals surface area (Å²) in [5.74, 6) is -0.893. The minimum absolute atomic E-state index is 0.0533. The van der Waals surface area contributed by atoms with Gasteiger partial charge in [0.05, 0.1) is 6.42 Å². The summed E-state index contributed by atoms with van der Waals surface area (Å²) in [6.45, 7) is 1.07. The van der Waals surface area contributed by atoms with Gasteiger partial charge in [-0.2, -0.15) is 0 Å². The second kappa shape index (κ2) is 7.29. The summed E-state index contributed by atoms with van der Waals surface area (Å²) in [6.07, 6.45) is -0.0533. The van der Waals surface area contributed by atoms with Crippen LogP contribution in [0.4, 0.5) is 4.79 Å². The Kier molecular flexibility index (Phi) is 5.66. The van der Waals surface area contributed by atoms with Gasteiger partial charge in [-0.1, -0.05) is 24.3 Å². The monoisotopic (exact) mass is 251 g/mol. The van der Waals surface area contributed by atoms with Crippen LogP contribution >= 0.6 is 0 Å². The molecule has 0 aliphatic carbocycles. The maximum atomic E-state index is 11.3. The Labute approximate surface area is 105 Å². The lowest BCUT2D eigenvalue weighted by molar-refractivity contribution is -0.136. The SMILES string of the molecule is NCCNC(=O)NCc1ccccc1CC(=O)O. The van der Waals surface area contributed by atoms with Crippen molar-refractivity contribution >= 4 is 12.0 Å². The first kappa shape index (κ1) is 14.0. The fourth-order valence-corrected chi connectivity index (χ4v) is 1.49. The molecule has 5 N–H and O–H groups in total. The van der Waals surface area contributed by atoms with Crippen LogP contribution in [0.3, 0.4) is 0 Å². The van der Waals surface area contributed by atoms with Crippen LogP contribution in [0, 0.1) is 0 Å². The van der Waals surface area contributed by atoms with Gasteiger partial charge in [0, 0.05) is 19.6 Å². The second-order valence-corrected chi connectivity index (χ2v) is 3.74. The third-order valence-corrected chi connectivity index (χ3v) is 2.33. The van der Waals surface area contributed by atoms with Gasteiger partial charge < -0.3 is 21.5 Å². The lowest BCUT2D eigenvalue weighted by Crippen LogP contribution is -2.37. The lowest BCUT2D eigenvalue weighted by Gasteiger charge is -2.10. The van der Waals surface area contributed by atoms with Crippen molar-refractivity contribution in [2.45, 2.75) is 13.0 Å². The van der Waals surface area contributed by atoms with E-state index in [2.05, 4.69) is 10.6 Å². The molecule has 18 heavy (non-hydrogen) atoms. The van der Waals surface area contributed by atoms with E-state index in [0.717, 1.165) is 5.56 Å². The molecule has 0 aromatic heterocycles. The van der Waals surface area contributed by atoms with Crippen molar-refractivity contribution in [2.75, 3.05) is 13.1 Å². The number of nitrogens with two attached hydrogens (primary N) is 1. The van der Waals surface area contributed by atoms with Crippen LogP contribution in [0.15, 0.2) is 24.3 Å². The highest BCUT2D eigenvalue weighted by atomic mass is 16.4. The van der Waals surface area contributed by atoms with Crippen molar-refractivity contribution in [3.8, 4) is 0 Å². The van der Waals surface area contributed by atoms with Gasteiger partial charge in [-0.05, 0) is 11.1 Å². The summed E-state index contributed by atoms with van der Waals surface area (Å²) in [5, 5.41) is 14.0. The Morgan fingerprint density at radius 3 is 2.44 bits per heavy atom. The molecule has 0 bridgehead atoms. The molecule has 1 aromatic carbocycles. The van der Waals surface area contributed by atoms with Crippen LogP contribution in [-0.4, -0.2) is 30.2 Å². The molecule has 0 aliphatic heterocycles. The van der Waals surface area contributed by atoms with E-state index in [-0.39, 0.29) is 12.5 Å². The molecule has 6 nitrogen and oxygen atoms in total. The number of carboxylic acids is 1. The third-order valence-electron chi connectivity index (χ3n) is 2.33. The van der Waals surface area contributed by atoms with Crippen molar-refractivity contribution in [1.82, 2.24) is 10.6 Å². The Balaban J connectivity index is 2.55. The van der Waals surface area contributed by atoms with E-state index >= 15 is 0 Å². The Morgan fingerprint density at radius 2 is 1.83 bits per heavy atom. The third kappa shape index (κ3) is 4.84. The second-order valence-electron chi connectivity index (χ2n) is 3.74. The number of benzene rings is 1. The summed E-state index contributed by atoms with van der Waals surface area (Å²) in [6, 6.07) is 6.80. The van der Waals surface area contributed by atoms with E-state index in [1.807, 2.05) is 0 Å². The van der Waals surface area contributed by atoms with E-state index in [0.29, 0.717) is 25.2 Å². The molecule has 0 radical (unpaired) electrons. The molecule has 0 saturated carbocycles. The Morgan fingerprint density at radius 1 is 1.17 bits per heavy atom. The summed E-state index contributed by atoms with van der Waals surface area (Å²) >= 11 is 0. The van der Waals surface area contributed by atoms with Crippen LogP contribution in [0.2, 0.25) is 0 Å². The fraction of sp³-hybridized carbons (Fsp3) is 0.333. The van der Waals surface area contributed by atoms with Gasteiger partial charge in [-0.3, -0.25) is 4.79 Å². The highest BCUT2D eigenvalue weighted by Crippen LogP contribution is 2.09. The van der Waals surface area contributed by atoms with E-state index in [1.165, 1.54) is 0 Å². The molecule has 2 amide bonds. The van der Waals surface area contributed by atoms with Crippen LogP contribution in [0.1, 0.15) is 11.1 Å². The molecule has 0 unspecified atom stereocenters. The number of aliphatic carboxylic acids is 1. The van der Waals surface area contributed by atoms with E-state index in [1.54, 1.807) is 24.3 Å². The molecule has 0 aliphatic rings. The predicted molar refractivity (Wildman–Crippen MR) is 67.1 cm³/mol. The normalized spacial score (nSPS) is 9.83. The standard InChI is InChI=1S/C12H17N3O3/c13-5-6-14-12(18)15-8-10-4-2-1-3-9(10)7-11(16)17/h1-4H,5-8,13H2,(H,16,17)(H2,14,15,18). The first-order valence-corrected chi connectivity index (χ1v) is 5.64. The highest BCUT2D eigenvalue weighted by Gasteiger charge is 2.07. The molecule has 98 valence electrons. The van der Waals surface area contributed by atoms with Gasteiger partial charge in [-0.25, -0.2) is 4.79 Å². The number of hydrogen-bond acceptors (Lipinski definition) is 3. The van der Waals surface area contributed by atoms with Gasteiger partial charge in [0.25, 0.3) is 0 Å². The molecule has 0 atom stereocenters. The molecular weight excluding hydrogens is 234 g/mol. The molecule has 1 aromatic rings. The van der Waals surface area contributed by atoms with Crippen LogP contribution in [0.25, 0.3) is 0 Å². The van der Waals surface area contributed by atoms with Gasteiger partial charge >= 0.3 is 12.0 Å². The molecule has 6 heteroatoms. The molecule has 1 rings (SSSR count). The number of rotatable bonds is 6. The average molecular weight is 251 g/mol. The number of hydrogen-bond donors (Lipinski definition) is 4. The van der Waals surface area contributed by atoms with Crippen molar-refractivity contribution in [1.29, 1.82) is 0 Å². The minimum atomic E-state index is -0.893. The van der Waals surface area contributed by atoms with Crippen molar-refractivity contribution in [3.63, 3.8) is 0 Å². The van der Waals surface area contributed by atoms with Crippen LogP contribution < -0.4 is 16.4 Å². The number of amides is 2. The van der Waals surface area contributed by atoms with Gasteiger partial charge in [-0.15, -0.1) is 0 Å². The number of carboxylic acid groups (broad SMARTS) is 1. The zero-order valence-electron chi connectivity index (χ0n) is 9.98. The van der Waals surface area contributed by atoms with Crippen molar-refractivity contribution < 1.29 is 14.7 Å². The largest absolute Gasteiger partial charge is 0.481 e. The first-order chi connectivity index (χ1) is 8.63.